The monoisotopic (exact) mass is 236 g/mol. The van der Waals surface area contributed by atoms with E-state index in [1.54, 1.807) is 13.1 Å². The Morgan fingerprint density at radius 3 is 2.53 bits per heavy atom. The highest BCUT2D eigenvalue weighted by atomic mass is 16.4. The van der Waals surface area contributed by atoms with Gasteiger partial charge < -0.3 is 10.0 Å². The summed E-state index contributed by atoms with van der Waals surface area (Å²) in [7, 11) is 3.01. The van der Waals surface area contributed by atoms with E-state index in [0.717, 1.165) is 5.56 Å². The number of nitrogens with one attached hydrogen (secondary N) is 1. The summed E-state index contributed by atoms with van der Waals surface area (Å²) in [5, 5.41) is 11.4. The molecule has 0 aliphatic rings. The highest BCUT2D eigenvalue weighted by molar-refractivity contribution is 6.08. The predicted octanol–water partition coefficient (Wildman–Crippen LogP) is 0.630. The van der Waals surface area contributed by atoms with E-state index in [1.807, 2.05) is 25.1 Å². The second-order valence-corrected chi connectivity index (χ2v) is 3.80. The summed E-state index contributed by atoms with van der Waals surface area (Å²) in [4.78, 5) is 24.1. The molecule has 1 aromatic rings. The first-order chi connectivity index (χ1) is 7.97. The summed E-state index contributed by atoms with van der Waals surface area (Å²) in [6, 6.07) is 6.10. The maximum atomic E-state index is 11.9. The Morgan fingerprint density at radius 2 is 2.06 bits per heavy atom. The van der Waals surface area contributed by atoms with Crippen molar-refractivity contribution >= 4 is 17.6 Å². The van der Waals surface area contributed by atoms with Gasteiger partial charge in [0, 0.05) is 12.7 Å². The van der Waals surface area contributed by atoms with Gasteiger partial charge >= 0.3 is 5.97 Å². The van der Waals surface area contributed by atoms with Crippen molar-refractivity contribution in [3.05, 3.63) is 29.8 Å². The topological polar surface area (TPSA) is 69.6 Å². The van der Waals surface area contributed by atoms with Gasteiger partial charge in [0.25, 0.3) is 5.91 Å². The fourth-order valence-corrected chi connectivity index (χ4v) is 1.51. The standard InChI is InChI=1S/C12H16N2O3/c1-8-5-4-6-9(7-8)14(3)11(15)10(13-2)12(16)17/h4-7,10,13H,1-3H3,(H,16,17). The predicted molar refractivity (Wildman–Crippen MR) is 65.1 cm³/mol. The molecule has 1 unspecified atom stereocenters. The molecule has 0 aliphatic heterocycles. The van der Waals surface area contributed by atoms with Crippen LogP contribution < -0.4 is 10.2 Å². The lowest BCUT2D eigenvalue weighted by Gasteiger charge is -2.21. The van der Waals surface area contributed by atoms with E-state index in [4.69, 9.17) is 5.11 Å². The van der Waals surface area contributed by atoms with Crippen LogP contribution in [0, 0.1) is 6.92 Å². The number of aliphatic carboxylic acids is 1. The van der Waals surface area contributed by atoms with Gasteiger partial charge in [0.05, 0.1) is 0 Å². The Kier molecular flexibility index (Phi) is 4.23. The molecule has 5 nitrogen and oxygen atoms in total. The number of rotatable bonds is 4. The van der Waals surface area contributed by atoms with Crippen LogP contribution >= 0.6 is 0 Å². The molecule has 1 atom stereocenters. The molecule has 1 aromatic carbocycles. The molecule has 0 fully saturated rings. The maximum Gasteiger partial charge on any atom is 0.330 e. The number of carbonyl (C=O) groups excluding carboxylic acids is 1. The number of hydrogen-bond acceptors (Lipinski definition) is 3. The molecule has 2 N–H and O–H groups in total. The number of nitrogens with zero attached hydrogens (tertiary/aromatic N) is 1. The zero-order valence-electron chi connectivity index (χ0n) is 10.1. The lowest BCUT2D eigenvalue weighted by atomic mass is 10.2. The second kappa shape index (κ2) is 5.45. The fourth-order valence-electron chi connectivity index (χ4n) is 1.51. The summed E-state index contributed by atoms with van der Waals surface area (Å²) < 4.78 is 0. The largest absolute Gasteiger partial charge is 0.480 e. The molecular formula is C12H16N2O3. The van der Waals surface area contributed by atoms with E-state index in [9.17, 15) is 9.59 Å². The van der Waals surface area contributed by atoms with E-state index in [-0.39, 0.29) is 0 Å². The Hall–Kier alpha value is -1.88. The first kappa shape index (κ1) is 13.2. The van der Waals surface area contributed by atoms with E-state index >= 15 is 0 Å². The Balaban J connectivity index is 2.93. The molecule has 0 heterocycles. The van der Waals surface area contributed by atoms with Gasteiger partial charge in [-0.2, -0.15) is 0 Å². The first-order valence-corrected chi connectivity index (χ1v) is 5.21. The number of carboxylic acids is 1. The highest BCUT2D eigenvalue weighted by Gasteiger charge is 2.27. The average Bonchev–Trinajstić information content (AvgIpc) is 2.28. The van der Waals surface area contributed by atoms with Crippen LogP contribution in [0.25, 0.3) is 0 Å². The van der Waals surface area contributed by atoms with Gasteiger partial charge in [-0.15, -0.1) is 0 Å². The molecule has 0 radical (unpaired) electrons. The van der Waals surface area contributed by atoms with Crippen molar-refractivity contribution in [1.29, 1.82) is 0 Å². The third-order valence-corrected chi connectivity index (χ3v) is 2.50. The molecule has 0 saturated heterocycles. The van der Waals surface area contributed by atoms with Gasteiger partial charge in [-0.1, -0.05) is 12.1 Å². The Morgan fingerprint density at radius 1 is 1.41 bits per heavy atom. The molecular weight excluding hydrogens is 220 g/mol. The third kappa shape index (κ3) is 3.04. The van der Waals surface area contributed by atoms with Gasteiger partial charge in [0.15, 0.2) is 6.04 Å². The van der Waals surface area contributed by atoms with Crippen LogP contribution in [-0.2, 0) is 9.59 Å². The van der Waals surface area contributed by atoms with Crippen LogP contribution in [0.3, 0.4) is 0 Å². The Bertz CT molecular complexity index is 432. The summed E-state index contributed by atoms with van der Waals surface area (Å²) in [5.74, 6) is -1.68. The molecule has 1 amide bonds. The molecule has 92 valence electrons. The Labute approximate surface area is 100 Å². The summed E-state index contributed by atoms with van der Waals surface area (Å²) in [6.07, 6.45) is 0. The molecule has 0 spiro atoms. The SMILES string of the molecule is CNC(C(=O)O)C(=O)N(C)c1cccc(C)c1. The van der Waals surface area contributed by atoms with Crippen molar-refractivity contribution in [2.45, 2.75) is 13.0 Å². The molecule has 0 aliphatic carbocycles. The minimum absolute atomic E-state index is 0.495. The average molecular weight is 236 g/mol. The van der Waals surface area contributed by atoms with Gasteiger partial charge in [0.2, 0.25) is 0 Å². The van der Waals surface area contributed by atoms with Crippen molar-refractivity contribution in [2.75, 3.05) is 19.0 Å². The van der Waals surface area contributed by atoms with Crippen LogP contribution in [0.1, 0.15) is 5.56 Å². The van der Waals surface area contributed by atoms with Gasteiger partial charge in [-0.3, -0.25) is 10.1 Å². The number of carboxylic acid groups (broad SMARTS) is 1. The number of hydrogen-bond donors (Lipinski definition) is 2. The van der Waals surface area contributed by atoms with Crippen LogP contribution in [0.2, 0.25) is 0 Å². The van der Waals surface area contributed by atoms with Crippen molar-refractivity contribution in [3.8, 4) is 0 Å². The van der Waals surface area contributed by atoms with Gasteiger partial charge in [-0.25, -0.2) is 4.79 Å². The maximum absolute atomic E-state index is 11.9. The van der Waals surface area contributed by atoms with E-state index in [2.05, 4.69) is 5.32 Å². The van der Waals surface area contributed by atoms with Crippen LogP contribution in [0.5, 0.6) is 0 Å². The molecule has 0 bridgehead atoms. The first-order valence-electron chi connectivity index (χ1n) is 5.21. The lowest BCUT2D eigenvalue weighted by molar-refractivity contribution is -0.143. The van der Waals surface area contributed by atoms with Crippen molar-refractivity contribution in [1.82, 2.24) is 5.32 Å². The molecule has 5 heteroatoms. The smallest absolute Gasteiger partial charge is 0.330 e. The third-order valence-electron chi connectivity index (χ3n) is 2.50. The van der Waals surface area contributed by atoms with E-state index in [0.29, 0.717) is 5.69 Å². The highest BCUT2D eigenvalue weighted by Crippen LogP contribution is 2.15. The summed E-state index contributed by atoms with van der Waals surface area (Å²) in [5.41, 5.74) is 1.69. The van der Waals surface area contributed by atoms with Crippen molar-refractivity contribution < 1.29 is 14.7 Å². The fraction of sp³-hybridized carbons (Fsp3) is 0.333. The number of carbonyl (C=O) groups is 2. The van der Waals surface area contributed by atoms with Gasteiger partial charge in [-0.05, 0) is 31.7 Å². The van der Waals surface area contributed by atoms with Gasteiger partial charge in [0.1, 0.15) is 0 Å². The minimum Gasteiger partial charge on any atom is -0.480 e. The van der Waals surface area contributed by atoms with Crippen molar-refractivity contribution in [3.63, 3.8) is 0 Å². The zero-order valence-corrected chi connectivity index (χ0v) is 10.1. The molecule has 17 heavy (non-hydrogen) atoms. The molecule has 1 rings (SSSR count). The van der Waals surface area contributed by atoms with Crippen molar-refractivity contribution in [2.24, 2.45) is 0 Å². The number of benzene rings is 1. The normalized spacial score (nSPS) is 11.9. The number of aryl methyl sites for hydroxylation is 1. The molecule has 0 saturated carbocycles. The molecule has 0 aromatic heterocycles. The number of anilines is 1. The van der Waals surface area contributed by atoms with Crippen LogP contribution in [0.15, 0.2) is 24.3 Å². The summed E-state index contributed by atoms with van der Waals surface area (Å²) in [6.45, 7) is 1.91. The lowest BCUT2D eigenvalue weighted by Crippen LogP contribution is -2.48. The van der Waals surface area contributed by atoms with Crippen LogP contribution in [-0.4, -0.2) is 37.1 Å². The number of amides is 1. The van der Waals surface area contributed by atoms with E-state index < -0.39 is 17.9 Å². The van der Waals surface area contributed by atoms with Crippen LogP contribution in [0.4, 0.5) is 5.69 Å². The summed E-state index contributed by atoms with van der Waals surface area (Å²) >= 11 is 0. The second-order valence-electron chi connectivity index (χ2n) is 3.80. The quantitative estimate of drug-likeness (QED) is 0.752. The van der Waals surface area contributed by atoms with E-state index in [1.165, 1.54) is 11.9 Å². The number of likely N-dealkylation sites (N-methyl/N-ethyl adjacent to an activating group) is 2. The minimum atomic E-state index is -1.22. The zero-order chi connectivity index (χ0) is 13.0.